The molecule has 0 aromatic heterocycles. The summed E-state index contributed by atoms with van der Waals surface area (Å²) in [6, 6.07) is 4.87. The highest BCUT2D eigenvalue weighted by molar-refractivity contribution is 5.27. The molecule has 2 atom stereocenters. The molecule has 2 unspecified atom stereocenters. The van der Waals surface area contributed by atoms with Crippen LogP contribution in [0.2, 0.25) is 0 Å². The predicted molar refractivity (Wildman–Crippen MR) is 59.9 cm³/mol. The van der Waals surface area contributed by atoms with E-state index < -0.39 is 17.8 Å². The summed E-state index contributed by atoms with van der Waals surface area (Å²) in [7, 11) is 0. The maximum absolute atomic E-state index is 12.6. The zero-order chi connectivity index (χ0) is 13.2. The van der Waals surface area contributed by atoms with E-state index in [1.54, 1.807) is 0 Å². The standard InChI is InChI=1S/C13H15F3O2/c14-13(15,16)11-5-1-3-9(7-11)12(17)10-4-2-6-18-8-10/h1,3,5,7,10,12,17H,2,4,6,8H2. The lowest BCUT2D eigenvalue weighted by Crippen LogP contribution is -2.23. The van der Waals surface area contributed by atoms with Crippen LogP contribution < -0.4 is 0 Å². The summed E-state index contributed by atoms with van der Waals surface area (Å²) in [5.74, 6) is -0.123. The predicted octanol–water partition coefficient (Wildman–Crippen LogP) is 3.17. The SMILES string of the molecule is OC(c1cccc(C(F)(F)F)c1)C1CCCOC1. The minimum absolute atomic E-state index is 0.123. The Hall–Kier alpha value is -1.07. The summed E-state index contributed by atoms with van der Waals surface area (Å²) in [4.78, 5) is 0. The van der Waals surface area contributed by atoms with Crippen molar-refractivity contribution in [3.63, 3.8) is 0 Å². The van der Waals surface area contributed by atoms with Gasteiger partial charge in [-0.2, -0.15) is 13.2 Å². The molecule has 1 aromatic rings. The van der Waals surface area contributed by atoms with Crippen LogP contribution in [-0.2, 0) is 10.9 Å². The highest BCUT2D eigenvalue weighted by atomic mass is 19.4. The molecule has 1 N–H and O–H groups in total. The van der Waals surface area contributed by atoms with E-state index in [1.165, 1.54) is 12.1 Å². The molecule has 1 fully saturated rings. The van der Waals surface area contributed by atoms with Crippen LogP contribution in [0.25, 0.3) is 0 Å². The van der Waals surface area contributed by atoms with Crippen molar-refractivity contribution in [3.05, 3.63) is 35.4 Å². The van der Waals surface area contributed by atoms with E-state index in [0.717, 1.165) is 25.0 Å². The van der Waals surface area contributed by atoms with Gasteiger partial charge in [-0.15, -0.1) is 0 Å². The first-order valence-corrected chi connectivity index (χ1v) is 5.91. The number of benzene rings is 1. The van der Waals surface area contributed by atoms with Crippen molar-refractivity contribution in [3.8, 4) is 0 Å². The molecule has 0 spiro atoms. The molecule has 0 aliphatic carbocycles. The Bertz CT molecular complexity index is 397. The summed E-state index contributed by atoms with van der Waals surface area (Å²) in [5, 5.41) is 10.1. The minimum Gasteiger partial charge on any atom is -0.388 e. The number of rotatable bonds is 2. The molecule has 2 rings (SSSR count). The summed E-state index contributed by atoms with van der Waals surface area (Å²) < 4.78 is 42.9. The second-order valence-corrected chi connectivity index (χ2v) is 4.55. The Kier molecular flexibility index (Phi) is 3.92. The summed E-state index contributed by atoms with van der Waals surface area (Å²) in [6.45, 7) is 1.06. The summed E-state index contributed by atoms with van der Waals surface area (Å²) in [5.41, 5.74) is -0.420. The van der Waals surface area contributed by atoms with Gasteiger partial charge in [0.15, 0.2) is 0 Å². The number of ether oxygens (including phenoxy) is 1. The monoisotopic (exact) mass is 260 g/mol. The van der Waals surface area contributed by atoms with Gasteiger partial charge in [0.2, 0.25) is 0 Å². The van der Waals surface area contributed by atoms with Gasteiger partial charge in [-0.3, -0.25) is 0 Å². The van der Waals surface area contributed by atoms with Crippen LogP contribution in [0.1, 0.15) is 30.1 Å². The molecule has 0 bridgehead atoms. The molecule has 0 radical (unpaired) electrons. The summed E-state index contributed by atoms with van der Waals surface area (Å²) >= 11 is 0. The van der Waals surface area contributed by atoms with Gasteiger partial charge in [-0.1, -0.05) is 12.1 Å². The Morgan fingerprint density at radius 1 is 1.33 bits per heavy atom. The molecule has 1 aliphatic heterocycles. The van der Waals surface area contributed by atoms with Crippen LogP contribution in [0.4, 0.5) is 13.2 Å². The van der Waals surface area contributed by atoms with Gasteiger partial charge in [-0.05, 0) is 30.5 Å². The van der Waals surface area contributed by atoms with Crippen molar-refractivity contribution in [2.24, 2.45) is 5.92 Å². The molecular weight excluding hydrogens is 245 g/mol. The Balaban J connectivity index is 2.17. The molecule has 5 heteroatoms. The van der Waals surface area contributed by atoms with Crippen LogP contribution >= 0.6 is 0 Å². The maximum Gasteiger partial charge on any atom is 0.416 e. The first kappa shape index (κ1) is 13.4. The minimum atomic E-state index is -4.38. The van der Waals surface area contributed by atoms with Gasteiger partial charge >= 0.3 is 6.18 Å². The van der Waals surface area contributed by atoms with Gasteiger partial charge in [0.1, 0.15) is 0 Å². The maximum atomic E-state index is 12.6. The lowest BCUT2D eigenvalue weighted by molar-refractivity contribution is -0.137. The van der Waals surface area contributed by atoms with Crippen LogP contribution in [0.15, 0.2) is 24.3 Å². The third-order valence-electron chi connectivity index (χ3n) is 3.20. The fourth-order valence-electron chi connectivity index (χ4n) is 2.19. The first-order valence-electron chi connectivity index (χ1n) is 5.91. The first-order chi connectivity index (χ1) is 8.48. The highest BCUT2D eigenvalue weighted by Gasteiger charge is 2.32. The molecule has 1 aliphatic rings. The van der Waals surface area contributed by atoms with Crippen molar-refractivity contribution in [1.29, 1.82) is 0 Å². The molecule has 2 nitrogen and oxygen atoms in total. The van der Waals surface area contributed by atoms with Gasteiger partial charge in [0.25, 0.3) is 0 Å². The lowest BCUT2D eigenvalue weighted by Gasteiger charge is -2.27. The number of aliphatic hydroxyl groups is 1. The second kappa shape index (κ2) is 5.28. The van der Waals surface area contributed by atoms with E-state index in [-0.39, 0.29) is 5.92 Å². The van der Waals surface area contributed by atoms with E-state index in [1.807, 2.05) is 0 Å². The Morgan fingerprint density at radius 2 is 2.11 bits per heavy atom. The summed E-state index contributed by atoms with van der Waals surface area (Å²) in [6.07, 6.45) is -3.66. The van der Waals surface area contributed by atoms with Gasteiger partial charge in [-0.25, -0.2) is 0 Å². The van der Waals surface area contributed by atoms with E-state index in [9.17, 15) is 18.3 Å². The normalized spacial score (nSPS) is 22.8. The van der Waals surface area contributed by atoms with Gasteiger partial charge < -0.3 is 9.84 Å². The molecule has 100 valence electrons. The molecule has 1 saturated heterocycles. The Morgan fingerprint density at radius 3 is 2.72 bits per heavy atom. The number of halogens is 3. The number of alkyl halides is 3. The van der Waals surface area contributed by atoms with E-state index >= 15 is 0 Å². The van der Waals surface area contributed by atoms with E-state index in [0.29, 0.717) is 18.8 Å². The van der Waals surface area contributed by atoms with Crippen molar-refractivity contribution in [1.82, 2.24) is 0 Å². The fourth-order valence-corrected chi connectivity index (χ4v) is 2.19. The number of hydrogen-bond donors (Lipinski definition) is 1. The quantitative estimate of drug-likeness (QED) is 0.885. The topological polar surface area (TPSA) is 29.5 Å². The molecule has 1 heterocycles. The zero-order valence-electron chi connectivity index (χ0n) is 9.78. The van der Waals surface area contributed by atoms with Crippen molar-refractivity contribution in [2.45, 2.75) is 25.1 Å². The average Bonchev–Trinajstić information content (AvgIpc) is 2.38. The highest BCUT2D eigenvalue weighted by Crippen LogP contribution is 2.33. The smallest absolute Gasteiger partial charge is 0.388 e. The second-order valence-electron chi connectivity index (χ2n) is 4.55. The van der Waals surface area contributed by atoms with Crippen molar-refractivity contribution in [2.75, 3.05) is 13.2 Å². The van der Waals surface area contributed by atoms with Crippen LogP contribution in [0, 0.1) is 5.92 Å². The van der Waals surface area contributed by atoms with Crippen molar-refractivity contribution < 1.29 is 23.0 Å². The molecule has 1 aromatic carbocycles. The van der Waals surface area contributed by atoms with Crippen LogP contribution in [0.3, 0.4) is 0 Å². The lowest BCUT2D eigenvalue weighted by atomic mass is 9.90. The van der Waals surface area contributed by atoms with Gasteiger partial charge in [0, 0.05) is 12.5 Å². The molecule has 18 heavy (non-hydrogen) atoms. The van der Waals surface area contributed by atoms with Gasteiger partial charge in [0.05, 0.1) is 18.3 Å². The largest absolute Gasteiger partial charge is 0.416 e. The average molecular weight is 260 g/mol. The van der Waals surface area contributed by atoms with E-state index in [2.05, 4.69) is 0 Å². The third kappa shape index (κ3) is 3.03. The van der Waals surface area contributed by atoms with Crippen LogP contribution in [0.5, 0.6) is 0 Å². The molecule has 0 saturated carbocycles. The third-order valence-corrected chi connectivity index (χ3v) is 3.20. The van der Waals surface area contributed by atoms with Crippen molar-refractivity contribution >= 4 is 0 Å². The number of hydrogen-bond acceptors (Lipinski definition) is 2. The van der Waals surface area contributed by atoms with Crippen LogP contribution in [-0.4, -0.2) is 18.3 Å². The Labute approximate surface area is 103 Å². The molecular formula is C13H15F3O2. The fraction of sp³-hybridized carbons (Fsp3) is 0.538. The molecule has 0 amide bonds. The number of aliphatic hydroxyl groups excluding tert-OH is 1. The van der Waals surface area contributed by atoms with E-state index in [4.69, 9.17) is 4.74 Å². The zero-order valence-corrected chi connectivity index (χ0v) is 9.78.